The van der Waals surface area contributed by atoms with Crippen molar-refractivity contribution >= 4 is 35.1 Å². The Hall–Kier alpha value is -3.72. The highest BCUT2D eigenvalue weighted by Gasteiger charge is 2.16. The van der Waals surface area contributed by atoms with E-state index in [-0.39, 0.29) is 5.69 Å². The number of hydrazine groups is 1. The zero-order valence-electron chi connectivity index (χ0n) is 16.5. The first-order chi connectivity index (χ1) is 14.5. The van der Waals surface area contributed by atoms with Crippen molar-refractivity contribution in [3.8, 4) is 5.69 Å². The van der Waals surface area contributed by atoms with Crippen LogP contribution in [0.1, 0.15) is 33.6 Å². The van der Waals surface area contributed by atoms with Crippen molar-refractivity contribution in [3.05, 3.63) is 76.6 Å². The SMILES string of the molecule is CCn1c(C)nc2cc(C(=O)NNC(=O)c3c[nH]c(=S)n3-c3ccccc3)ccc21. The molecular weight excluding hydrogens is 400 g/mol. The normalized spacial score (nSPS) is 10.9. The molecule has 152 valence electrons. The Morgan fingerprint density at radius 3 is 2.57 bits per heavy atom. The minimum Gasteiger partial charge on any atom is -0.336 e. The third-order valence-electron chi connectivity index (χ3n) is 4.83. The lowest BCUT2D eigenvalue weighted by Gasteiger charge is -2.10. The fourth-order valence-electron chi connectivity index (χ4n) is 3.41. The predicted octanol–water partition coefficient (Wildman–Crippen LogP) is 3.29. The van der Waals surface area contributed by atoms with Gasteiger partial charge in [0.2, 0.25) is 0 Å². The van der Waals surface area contributed by atoms with E-state index in [1.54, 1.807) is 16.7 Å². The second-order valence-corrected chi connectivity index (χ2v) is 7.05. The molecule has 0 aliphatic rings. The van der Waals surface area contributed by atoms with Crippen LogP contribution in [0.5, 0.6) is 0 Å². The molecule has 0 aliphatic carbocycles. The van der Waals surface area contributed by atoms with Gasteiger partial charge in [-0.05, 0) is 56.4 Å². The number of amides is 2. The predicted molar refractivity (Wildman–Crippen MR) is 116 cm³/mol. The number of aryl methyl sites for hydroxylation is 2. The molecule has 3 N–H and O–H groups in total. The second kappa shape index (κ2) is 7.96. The van der Waals surface area contributed by atoms with Crippen LogP contribution in [0, 0.1) is 11.7 Å². The van der Waals surface area contributed by atoms with E-state index in [2.05, 4.69) is 25.4 Å². The minimum atomic E-state index is -0.494. The Morgan fingerprint density at radius 1 is 1.10 bits per heavy atom. The van der Waals surface area contributed by atoms with Crippen molar-refractivity contribution in [1.29, 1.82) is 0 Å². The number of benzene rings is 2. The second-order valence-electron chi connectivity index (χ2n) is 6.67. The summed E-state index contributed by atoms with van der Waals surface area (Å²) in [5.74, 6) is -0.0444. The molecule has 0 aliphatic heterocycles. The Kier molecular flexibility index (Phi) is 5.20. The van der Waals surface area contributed by atoms with Crippen molar-refractivity contribution in [2.45, 2.75) is 20.4 Å². The number of aromatic nitrogens is 4. The van der Waals surface area contributed by atoms with Gasteiger partial charge >= 0.3 is 0 Å². The number of fused-ring (bicyclic) bond motifs is 1. The van der Waals surface area contributed by atoms with Crippen LogP contribution in [0.3, 0.4) is 0 Å². The lowest BCUT2D eigenvalue weighted by atomic mass is 10.2. The molecule has 2 aromatic carbocycles. The summed E-state index contributed by atoms with van der Waals surface area (Å²) in [5.41, 5.74) is 8.01. The van der Waals surface area contributed by atoms with Crippen molar-refractivity contribution in [2.24, 2.45) is 0 Å². The molecule has 9 heteroatoms. The summed E-state index contributed by atoms with van der Waals surface area (Å²) in [6.45, 7) is 4.77. The molecule has 8 nitrogen and oxygen atoms in total. The lowest BCUT2D eigenvalue weighted by molar-refractivity contribution is 0.0843. The highest BCUT2D eigenvalue weighted by atomic mass is 32.1. The average molecular weight is 420 g/mol. The molecule has 2 aromatic heterocycles. The first-order valence-corrected chi connectivity index (χ1v) is 9.84. The highest BCUT2D eigenvalue weighted by Crippen LogP contribution is 2.18. The van der Waals surface area contributed by atoms with Crippen LogP contribution < -0.4 is 10.9 Å². The largest absolute Gasteiger partial charge is 0.336 e. The van der Waals surface area contributed by atoms with Gasteiger partial charge in [0.25, 0.3) is 11.8 Å². The summed E-state index contributed by atoms with van der Waals surface area (Å²) >= 11 is 5.28. The van der Waals surface area contributed by atoms with Crippen LogP contribution in [-0.2, 0) is 6.54 Å². The number of nitrogens with zero attached hydrogens (tertiary/aromatic N) is 3. The van der Waals surface area contributed by atoms with Crippen LogP contribution in [0.2, 0.25) is 0 Å². The summed E-state index contributed by atoms with van der Waals surface area (Å²) in [5, 5.41) is 0. The maximum Gasteiger partial charge on any atom is 0.288 e. The molecule has 0 atom stereocenters. The van der Waals surface area contributed by atoms with Crippen LogP contribution in [0.4, 0.5) is 0 Å². The van der Waals surface area contributed by atoms with Gasteiger partial charge in [0.1, 0.15) is 11.5 Å². The van der Waals surface area contributed by atoms with E-state index in [0.29, 0.717) is 10.3 Å². The molecule has 0 radical (unpaired) electrons. The van der Waals surface area contributed by atoms with Gasteiger partial charge in [0.05, 0.1) is 11.0 Å². The highest BCUT2D eigenvalue weighted by molar-refractivity contribution is 7.71. The zero-order chi connectivity index (χ0) is 21.3. The number of H-pyrrole nitrogens is 1. The summed E-state index contributed by atoms with van der Waals surface area (Å²) in [4.78, 5) is 32.6. The minimum absolute atomic E-state index is 0.277. The average Bonchev–Trinajstić information content (AvgIpc) is 3.30. The number of rotatable bonds is 4. The smallest absolute Gasteiger partial charge is 0.288 e. The summed E-state index contributed by atoms with van der Waals surface area (Å²) < 4.78 is 4.05. The maximum atomic E-state index is 12.7. The van der Waals surface area contributed by atoms with Gasteiger partial charge < -0.3 is 9.55 Å². The molecule has 0 saturated heterocycles. The first-order valence-electron chi connectivity index (χ1n) is 9.43. The number of aromatic amines is 1. The molecule has 30 heavy (non-hydrogen) atoms. The summed E-state index contributed by atoms with van der Waals surface area (Å²) in [7, 11) is 0. The third-order valence-corrected chi connectivity index (χ3v) is 5.13. The number of carbonyl (C=O) groups is 2. The topological polar surface area (TPSA) is 96.7 Å². The van der Waals surface area contributed by atoms with Crippen molar-refractivity contribution in [3.63, 3.8) is 0 Å². The Bertz CT molecular complexity index is 1300. The standard InChI is InChI=1S/C21H20N6O2S/c1-3-26-13(2)23-16-11-14(9-10-17(16)26)19(28)24-25-20(29)18-12-22-21(30)27(18)15-7-5-4-6-8-15/h4-12H,3H2,1-2H3,(H,22,30)(H,24,28)(H,25,29). The first kappa shape index (κ1) is 19.6. The maximum absolute atomic E-state index is 12.7. The Balaban J connectivity index is 1.52. The van der Waals surface area contributed by atoms with Crippen molar-refractivity contribution in [1.82, 2.24) is 30.0 Å². The zero-order valence-corrected chi connectivity index (χ0v) is 17.3. The number of imidazole rings is 2. The number of carbonyl (C=O) groups excluding carboxylic acids is 2. The van der Waals surface area contributed by atoms with Gasteiger partial charge in [-0.3, -0.25) is 25.0 Å². The number of para-hydroxylation sites is 1. The van der Waals surface area contributed by atoms with Gasteiger partial charge in [0.15, 0.2) is 4.77 Å². The fourth-order valence-corrected chi connectivity index (χ4v) is 3.67. The van der Waals surface area contributed by atoms with E-state index in [9.17, 15) is 9.59 Å². The Morgan fingerprint density at radius 2 is 1.83 bits per heavy atom. The van der Waals surface area contributed by atoms with Crippen LogP contribution in [-0.4, -0.2) is 30.9 Å². The monoisotopic (exact) mass is 420 g/mol. The van der Waals surface area contributed by atoms with Crippen molar-refractivity contribution in [2.75, 3.05) is 0 Å². The fraction of sp³-hybridized carbons (Fsp3) is 0.143. The molecule has 2 heterocycles. The van der Waals surface area contributed by atoms with Gasteiger partial charge in [0, 0.05) is 24.0 Å². The van der Waals surface area contributed by atoms with Gasteiger partial charge in [-0.1, -0.05) is 18.2 Å². The molecule has 4 rings (SSSR count). The van der Waals surface area contributed by atoms with E-state index >= 15 is 0 Å². The number of nitrogens with one attached hydrogen (secondary N) is 3. The lowest BCUT2D eigenvalue weighted by Crippen LogP contribution is -2.42. The van der Waals surface area contributed by atoms with Crippen LogP contribution >= 0.6 is 12.2 Å². The third kappa shape index (κ3) is 3.50. The molecule has 0 unspecified atom stereocenters. The molecule has 0 fully saturated rings. The van der Waals surface area contributed by atoms with Gasteiger partial charge in [-0.15, -0.1) is 0 Å². The molecule has 2 amide bonds. The number of hydrogen-bond acceptors (Lipinski definition) is 4. The van der Waals surface area contributed by atoms with Gasteiger partial charge in [-0.25, -0.2) is 4.98 Å². The molecular formula is C21H20N6O2S. The van der Waals surface area contributed by atoms with E-state index in [1.807, 2.05) is 50.2 Å². The van der Waals surface area contributed by atoms with E-state index in [0.717, 1.165) is 29.1 Å². The summed E-state index contributed by atoms with van der Waals surface area (Å²) in [6.07, 6.45) is 1.50. The quantitative estimate of drug-likeness (QED) is 0.349. The van der Waals surface area contributed by atoms with E-state index < -0.39 is 11.8 Å². The molecule has 0 bridgehead atoms. The van der Waals surface area contributed by atoms with Crippen molar-refractivity contribution < 1.29 is 9.59 Å². The van der Waals surface area contributed by atoms with E-state index in [4.69, 9.17) is 12.2 Å². The number of hydrogen-bond donors (Lipinski definition) is 3. The molecule has 0 spiro atoms. The van der Waals surface area contributed by atoms with Crippen LogP contribution in [0.25, 0.3) is 16.7 Å². The Labute approximate surface area is 177 Å². The van der Waals surface area contributed by atoms with E-state index in [1.165, 1.54) is 6.20 Å². The van der Waals surface area contributed by atoms with Gasteiger partial charge in [-0.2, -0.15) is 0 Å². The van der Waals surface area contributed by atoms with Crippen LogP contribution in [0.15, 0.2) is 54.7 Å². The molecule has 4 aromatic rings. The molecule has 0 saturated carbocycles. The summed E-state index contributed by atoms with van der Waals surface area (Å²) in [6, 6.07) is 14.5.